The number of carbonyl (C=O) groups excluding carboxylic acids is 4. The van der Waals surface area contributed by atoms with E-state index in [0.29, 0.717) is 25.7 Å². The van der Waals surface area contributed by atoms with Crippen LogP contribution in [0.2, 0.25) is 0 Å². The highest BCUT2D eigenvalue weighted by Crippen LogP contribution is 2.45. The van der Waals surface area contributed by atoms with Gasteiger partial charge < -0.3 is 33.8 Å². The fourth-order valence-electron chi connectivity index (χ4n) is 9.53. The molecule has 0 aromatic heterocycles. The average molecular weight is 1230 g/mol. The minimum atomic E-state index is -4.94. The quantitative estimate of drug-likeness (QED) is 0.0222. The zero-order valence-electron chi connectivity index (χ0n) is 53.5. The van der Waals surface area contributed by atoms with E-state index in [1.54, 1.807) is 0 Å². The molecule has 0 aliphatic rings. The summed E-state index contributed by atoms with van der Waals surface area (Å²) >= 11 is 0. The lowest BCUT2D eigenvalue weighted by atomic mass is 10.0. The first-order valence-corrected chi connectivity index (χ1v) is 36.5. The van der Waals surface area contributed by atoms with Gasteiger partial charge in [0.1, 0.15) is 19.3 Å². The van der Waals surface area contributed by atoms with Crippen molar-refractivity contribution in [3.05, 3.63) is 0 Å². The fourth-order valence-corrected chi connectivity index (χ4v) is 11.1. The van der Waals surface area contributed by atoms with Crippen LogP contribution in [0.4, 0.5) is 0 Å². The standard InChI is InChI=1S/C64H124O17P2/c1-7-9-11-13-26-34-40-46-61(66)74-52-59(80-63(68)48-42-36-27-14-12-10-8-2)54-78-82(70,71)76-50-58(65)51-77-83(72,73)79-55-60(53-75-62(67)47-41-35-30-25-24-29-33-39-45-57(5)6)81-64(69)49-43-37-31-23-21-19-17-15-16-18-20-22-28-32-38-44-56(3)4/h56-60,65H,7-55H2,1-6H3,(H,70,71)(H,72,73)/t58-,59+,60+/m0/s1. The van der Waals surface area contributed by atoms with Crippen molar-refractivity contribution in [1.82, 2.24) is 0 Å². The van der Waals surface area contributed by atoms with E-state index in [2.05, 4.69) is 41.5 Å². The number of aliphatic hydroxyl groups is 1. The fraction of sp³-hybridized carbons (Fsp3) is 0.938. The number of rotatable bonds is 63. The Bertz CT molecular complexity index is 1630. The molecule has 0 amide bonds. The van der Waals surface area contributed by atoms with Crippen molar-refractivity contribution in [3.63, 3.8) is 0 Å². The molecule has 83 heavy (non-hydrogen) atoms. The van der Waals surface area contributed by atoms with Gasteiger partial charge in [-0.25, -0.2) is 9.13 Å². The number of aliphatic hydroxyl groups excluding tert-OH is 1. The predicted molar refractivity (Wildman–Crippen MR) is 331 cm³/mol. The van der Waals surface area contributed by atoms with Crippen LogP contribution in [-0.2, 0) is 65.4 Å². The third kappa shape index (κ3) is 58.8. The van der Waals surface area contributed by atoms with Crippen molar-refractivity contribution in [2.75, 3.05) is 39.6 Å². The molecule has 0 heterocycles. The van der Waals surface area contributed by atoms with E-state index in [0.717, 1.165) is 127 Å². The van der Waals surface area contributed by atoms with Gasteiger partial charge in [-0.1, -0.05) is 266 Å². The molecule has 19 heteroatoms. The second-order valence-electron chi connectivity index (χ2n) is 24.1. The Morgan fingerprint density at radius 2 is 0.554 bits per heavy atom. The van der Waals surface area contributed by atoms with Crippen LogP contribution < -0.4 is 0 Å². The Morgan fingerprint density at radius 1 is 0.325 bits per heavy atom. The smallest absolute Gasteiger partial charge is 0.462 e. The lowest BCUT2D eigenvalue weighted by Crippen LogP contribution is -2.30. The van der Waals surface area contributed by atoms with Gasteiger partial charge in [0.15, 0.2) is 12.2 Å². The molecule has 0 aliphatic carbocycles. The van der Waals surface area contributed by atoms with E-state index in [1.165, 1.54) is 109 Å². The van der Waals surface area contributed by atoms with E-state index in [9.17, 15) is 43.2 Å². The Hall–Kier alpha value is -1.94. The molecule has 2 unspecified atom stereocenters. The first kappa shape index (κ1) is 81.1. The zero-order chi connectivity index (χ0) is 61.5. The van der Waals surface area contributed by atoms with E-state index in [4.69, 9.17) is 37.0 Å². The molecule has 492 valence electrons. The van der Waals surface area contributed by atoms with Crippen LogP contribution in [0.1, 0.15) is 318 Å². The maximum absolute atomic E-state index is 13.0. The van der Waals surface area contributed by atoms with Crippen LogP contribution in [0.15, 0.2) is 0 Å². The van der Waals surface area contributed by atoms with Gasteiger partial charge in [0, 0.05) is 25.7 Å². The third-order valence-corrected chi connectivity index (χ3v) is 16.6. The second-order valence-corrected chi connectivity index (χ2v) is 27.0. The van der Waals surface area contributed by atoms with Crippen LogP contribution in [0.3, 0.4) is 0 Å². The first-order valence-electron chi connectivity index (χ1n) is 33.5. The van der Waals surface area contributed by atoms with E-state index in [-0.39, 0.29) is 25.7 Å². The van der Waals surface area contributed by atoms with Gasteiger partial charge in [-0.2, -0.15) is 0 Å². The molecule has 0 aliphatic heterocycles. The van der Waals surface area contributed by atoms with Gasteiger partial charge >= 0.3 is 39.5 Å². The summed E-state index contributed by atoms with van der Waals surface area (Å²) in [5.74, 6) is -0.614. The lowest BCUT2D eigenvalue weighted by Gasteiger charge is -2.21. The number of hydrogen-bond donors (Lipinski definition) is 3. The maximum atomic E-state index is 13.0. The summed E-state index contributed by atoms with van der Waals surface area (Å²) in [6, 6.07) is 0. The molecule has 0 aromatic carbocycles. The van der Waals surface area contributed by atoms with Crippen LogP contribution in [0, 0.1) is 11.8 Å². The van der Waals surface area contributed by atoms with Crippen LogP contribution in [0.5, 0.6) is 0 Å². The van der Waals surface area contributed by atoms with E-state index < -0.39 is 97.5 Å². The van der Waals surface area contributed by atoms with Crippen molar-refractivity contribution in [2.45, 2.75) is 336 Å². The summed E-state index contributed by atoms with van der Waals surface area (Å²) in [7, 11) is -9.88. The molecule has 0 saturated heterocycles. The van der Waals surface area contributed by atoms with Gasteiger partial charge in [-0.15, -0.1) is 0 Å². The molecule has 0 fully saturated rings. The molecule has 0 bridgehead atoms. The number of ether oxygens (including phenoxy) is 4. The van der Waals surface area contributed by atoms with Crippen LogP contribution in [-0.4, -0.2) is 96.7 Å². The summed E-state index contributed by atoms with van der Waals surface area (Å²) in [4.78, 5) is 71.9. The minimum Gasteiger partial charge on any atom is -0.462 e. The van der Waals surface area contributed by atoms with Gasteiger partial charge in [0.2, 0.25) is 0 Å². The molecule has 0 aromatic rings. The summed E-state index contributed by atoms with van der Waals surface area (Å²) in [5.41, 5.74) is 0. The first-order chi connectivity index (χ1) is 39.9. The Labute approximate surface area is 505 Å². The number of esters is 4. The monoisotopic (exact) mass is 1230 g/mol. The van der Waals surface area contributed by atoms with E-state index in [1.807, 2.05) is 0 Å². The lowest BCUT2D eigenvalue weighted by molar-refractivity contribution is -0.161. The van der Waals surface area contributed by atoms with Crippen molar-refractivity contribution in [3.8, 4) is 0 Å². The molecule has 17 nitrogen and oxygen atoms in total. The zero-order valence-corrected chi connectivity index (χ0v) is 55.3. The topological polar surface area (TPSA) is 237 Å². The largest absolute Gasteiger partial charge is 0.472 e. The van der Waals surface area contributed by atoms with Gasteiger partial charge in [-0.05, 0) is 37.5 Å². The molecule has 0 radical (unpaired) electrons. The molecule has 0 saturated carbocycles. The highest BCUT2D eigenvalue weighted by Gasteiger charge is 2.30. The number of carbonyl (C=O) groups is 4. The Morgan fingerprint density at radius 3 is 0.819 bits per heavy atom. The molecule has 0 spiro atoms. The van der Waals surface area contributed by atoms with Crippen molar-refractivity contribution in [2.24, 2.45) is 11.8 Å². The summed E-state index contributed by atoms with van der Waals surface area (Å²) in [6.07, 6.45) is 39.3. The number of hydrogen-bond acceptors (Lipinski definition) is 15. The summed E-state index contributed by atoms with van der Waals surface area (Å²) < 4.78 is 67.8. The Balaban J connectivity index is 5.14. The highest BCUT2D eigenvalue weighted by atomic mass is 31.2. The summed E-state index contributed by atoms with van der Waals surface area (Å²) in [6.45, 7) is 9.40. The minimum absolute atomic E-state index is 0.103. The van der Waals surface area contributed by atoms with Gasteiger partial charge in [-0.3, -0.25) is 37.3 Å². The van der Waals surface area contributed by atoms with E-state index >= 15 is 0 Å². The normalized spacial score (nSPS) is 14.3. The van der Waals surface area contributed by atoms with Crippen LogP contribution >= 0.6 is 15.6 Å². The third-order valence-electron chi connectivity index (χ3n) is 14.7. The molecule has 0 rings (SSSR count). The van der Waals surface area contributed by atoms with Crippen LogP contribution in [0.25, 0.3) is 0 Å². The Kier molecular flexibility index (Phi) is 55.2. The molecular weight excluding hydrogens is 1100 g/mol. The van der Waals surface area contributed by atoms with Crippen molar-refractivity contribution >= 4 is 39.5 Å². The van der Waals surface area contributed by atoms with Gasteiger partial charge in [0.05, 0.1) is 26.4 Å². The number of phosphoric ester groups is 2. The number of phosphoric acid groups is 2. The van der Waals surface area contributed by atoms with Crippen molar-refractivity contribution < 1.29 is 80.2 Å². The molecule has 5 atom stereocenters. The second kappa shape index (κ2) is 56.6. The highest BCUT2D eigenvalue weighted by molar-refractivity contribution is 7.47. The predicted octanol–water partition coefficient (Wildman–Crippen LogP) is 17.7. The number of unbranched alkanes of at least 4 members (excludes halogenated alkanes) is 33. The van der Waals surface area contributed by atoms with Gasteiger partial charge in [0.25, 0.3) is 0 Å². The molecular formula is C64H124O17P2. The average Bonchev–Trinajstić information content (AvgIpc) is 3.45. The van der Waals surface area contributed by atoms with Crippen molar-refractivity contribution in [1.29, 1.82) is 0 Å². The maximum Gasteiger partial charge on any atom is 0.472 e. The SMILES string of the molecule is CCCCCCCCCC(=O)OC[C@H](COP(=O)(O)OC[C@H](O)COP(=O)(O)OC[C@@H](COC(=O)CCCCCCCCCCC(C)C)OC(=O)CCCCCCCCCCCCCCCCCC(C)C)OC(=O)CCCCCCCCC. The molecule has 3 N–H and O–H groups in total. The summed E-state index contributed by atoms with van der Waals surface area (Å²) in [5, 5.41) is 10.5.